The smallest absolute Gasteiger partial charge is 0.209 e. The number of imidazole rings is 1. The number of nitrogens with zero attached hydrogens (tertiary/aromatic N) is 3. The van der Waals surface area contributed by atoms with Crippen LogP contribution in [0.25, 0.3) is 33.2 Å². The number of aliphatic hydroxyl groups excluding tert-OH is 1. The second-order valence-electron chi connectivity index (χ2n) is 6.80. The van der Waals surface area contributed by atoms with Crippen LogP contribution in [0.4, 0.5) is 0 Å². The van der Waals surface area contributed by atoms with Gasteiger partial charge in [0.15, 0.2) is 5.82 Å². The monoisotopic (exact) mass is 383 g/mol. The minimum Gasteiger partial charge on any atom is -0.395 e. The highest BCUT2D eigenvalue weighted by molar-refractivity contribution is 6.04. The molecule has 0 aliphatic carbocycles. The standard InChI is InChI=1S/C22H17N5O2/c28-12-16(13-4-2-1-3-5-13)21(29)22-24-18-10-15-17(11-19(18)25-22)26-27-20(15)14-6-8-23-9-7-14/h1-11,16,26-28H,12H2/t16-/m1/s1. The summed E-state index contributed by atoms with van der Waals surface area (Å²) in [6.45, 7) is -0.296. The summed E-state index contributed by atoms with van der Waals surface area (Å²) >= 11 is 0. The second kappa shape index (κ2) is 6.96. The van der Waals surface area contributed by atoms with Crippen LogP contribution in [0.3, 0.4) is 0 Å². The number of H-pyrrole nitrogens is 2. The van der Waals surface area contributed by atoms with Crippen LogP contribution in [-0.2, 0) is 0 Å². The van der Waals surface area contributed by atoms with Crippen LogP contribution in [0.1, 0.15) is 22.1 Å². The van der Waals surface area contributed by atoms with Gasteiger partial charge in [0.05, 0.1) is 34.8 Å². The molecule has 0 aliphatic heterocycles. The van der Waals surface area contributed by atoms with Gasteiger partial charge in [-0.3, -0.25) is 14.9 Å². The average Bonchev–Trinajstić information content (AvgIpc) is 3.37. The molecule has 0 saturated heterocycles. The van der Waals surface area contributed by atoms with E-state index in [1.165, 1.54) is 0 Å². The van der Waals surface area contributed by atoms with E-state index in [1.54, 1.807) is 12.4 Å². The topological polar surface area (TPSA) is 108 Å². The highest BCUT2D eigenvalue weighted by Crippen LogP contribution is 2.29. The lowest BCUT2D eigenvalue weighted by atomic mass is 9.95. The van der Waals surface area contributed by atoms with Crippen LogP contribution in [0.2, 0.25) is 0 Å². The van der Waals surface area contributed by atoms with Crippen molar-refractivity contribution in [2.24, 2.45) is 0 Å². The zero-order valence-electron chi connectivity index (χ0n) is 15.3. The van der Waals surface area contributed by atoms with Crippen LogP contribution >= 0.6 is 0 Å². The Morgan fingerprint density at radius 1 is 0.966 bits per heavy atom. The third-order valence-electron chi connectivity index (χ3n) is 5.05. The Bertz CT molecular complexity index is 1310. The molecule has 5 rings (SSSR count). The molecule has 3 aromatic heterocycles. The van der Waals surface area contributed by atoms with E-state index in [0.29, 0.717) is 11.0 Å². The second-order valence-corrected chi connectivity index (χ2v) is 6.80. The van der Waals surface area contributed by atoms with Gasteiger partial charge in [0, 0.05) is 23.3 Å². The summed E-state index contributed by atoms with van der Waals surface area (Å²) < 4.78 is 0. The van der Waals surface area contributed by atoms with Crippen molar-refractivity contribution in [3.63, 3.8) is 0 Å². The van der Waals surface area contributed by atoms with Crippen molar-refractivity contribution in [1.82, 2.24) is 25.1 Å². The zero-order chi connectivity index (χ0) is 19.8. The number of rotatable bonds is 5. The van der Waals surface area contributed by atoms with Gasteiger partial charge < -0.3 is 10.2 Å². The van der Waals surface area contributed by atoms with Crippen LogP contribution < -0.4 is 0 Å². The summed E-state index contributed by atoms with van der Waals surface area (Å²) in [6.07, 6.45) is 3.47. The molecule has 0 radical (unpaired) electrons. The summed E-state index contributed by atoms with van der Waals surface area (Å²) in [6, 6.07) is 16.8. The molecular formula is C22H17N5O2. The van der Waals surface area contributed by atoms with E-state index in [-0.39, 0.29) is 18.2 Å². The molecule has 0 spiro atoms. The van der Waals surface area contributed by atoms with Crippen molar-refractivity contribution in [3.8, 4) is 11.3 Å². The minimum absolute atomic E-state index is 0.116. The molecule has 142 valence electrons. The number of benzene rings is 2. The fourth-order valence-corrected chi connectivity index (χ4v) is 3.55. The SMILES string of the molecule is O=C(c1nc2cc3[nH][nH]c(-c4ccncc4)c3cc2n1)[C@H](CO)c1ccccc1. The maximum Gasteiger partial charge on any atom is 0.209 e. The summed E-state index contributed by atoms with van der Waals surface area (Å²) in [5.74, 6) is -0.858. The third-order valence-corrected chi connectivity index (χ3v) is 5.05. The number of fused-ring (bicyclic) bond motifs is 2. The van der Waals surface area contributed by atoms with E-state index < -0.39 is 5.92 Å². The van der Waals surface area contributed by atoms with Crippen molar-refractivity contribution >= 4 is 27.7 Å². The van der Waals surface area contributed by atoms with Crippen LogP contribution in [-0.4, -0.2) is 42.6 Å². The Morgan fingerprint density at radius 2 is 1.69 bits per heavy atom. The first-order valence-electron chi connectivity index (χ1n) is 9.23. The van der Waals surface area contributed by atoms with Crippen molar-refractivity contribution in [2.75, 3.05) is 6.61 Å². The van der Waals surface area contributed by atoms with Crippen LogP contribution in [0, 0.1) is 0 Å². The molecule has 29 heavy (non-hydrogen) atoms. The molecule has 5 aromatic rings. The largest absolute Gasteiger partial charge is 0.395 e. The maximum absolute atomic E-state index is 13.0. The number of Topliss-reactive ketones (excluding diaryl/α,β-unsaturated/α-hetero) is 1. The number of aromatic amines is 2. The molecular weight excluding hydrogens is 366 g/mol. The van der Waals surface area contributed by atoms with Crippen molar-refractivity contribution in [3.05, 3.63) is 78.4 Å². The van der Waals surface area contributed by atoms with Crippen molar-refractivity contribution in [2.45, 2.75) is 5.92 Å². The fourth-order valence-electron chi connectivity index (χ4n) is 3.55. The van der Waals surface area contributed by atoms with Gasteiger partial charge in [0.25, 0.3) is 0 Å². The van der Waals surface area contributed by atoms with E-state index in [4.69, 9.17) is 0 Å². The van der Waals surface area contributed by atoms with Gasteiger partial charge in [-0.15, -0.1) is 0 Å². The Hall–Kier alpha value is -3.84. The molecule has 0 amide bonds. The molecule has 0 unspecified atom stereocenters. The third kappa shape index (κ3) is 2.97. The predicted octanol–water partition coefficient (Wildman–Crippen LogP) is 3.46. The molecule has 0 fully saturated rings. The Balaban J connectivity index is 1.57. The zero-order valence-corrected chi connectivity index (χ0v) is 15.3. The van der Waals surface area contributed by atoms with E-state index >= 15 is 0 Å². The number of pyridine rings is 1. The van der Waals surface area contributed by atoms with E-state index in [2.05, 4.69) is 25.1 Å². The Labute approximate surface area is 165 Å². The first-order chi connectivity index (χ1) is 14.2. The predicted molar refractivity (Wildman–Crippen MR) is 110 cm³/mol. The molecule has 7 nitrogen and oxygen atoms in total. The van der Waals surface area contributed by atoms with Crippen molar-refractivity contribution < 1.29 is 9.90 Å². The van der Waals surface area contributed by atoms with Crippen LogP contribution in [0.15, 0.2) is 67.0 Å². The number of aliphatic hydroxyl groups is 1. The maximum atomic E-state index is 13.0. The van der Waals surface area contributed by atoms with Crippen LogP contribution in [0.5, 0.6) is 0 Å². The number of hydrogen-bond donors (Lipinski definition) is 3. The number of hydrogen-bond acceptors (Lipinski definition) is 5. The average molecular weight is 383 g/mol. The number of ketones is 1. The molecule has 3 N–H and O–H groups in total. The lowest BCUT2D eigenvalue weighted by molar-refractivity contribution is 0.0913. The number of aromatic nitrogens is 5. The number of carbonyl (C=O) groups excluding carboxylic acids is 1. The summed E-state index contributed by atoms with van der Waals surface area (Å²) in [5.41, 5.74) is 4.78. The van der Waals surface area contributed by atoms with Gasteiger partial charge in [-0.25, -0.2) is 9.97 Å². The van der Waals surface area contributed by atoms with Crippen molar-refractivity contribution in [1.29, 1.82) is 0 Å². The summed E-state index contributed by atoms with van der Waals surface area (Å²) in [4.78, 5) is 25.9. The van der Waals surface area contributed by atoms with E-state index in [9.17, 15) is 9.90 Å². The first-order valence-corrected chi connectivity index (χ1v) is 9.23. The first kappa shape index (κ1) is 17.3. The molecule has 0 bridgehead atoms. The molecule has 0 saturated carbocycles. The Morgan fingerprint density at radius 3 is 2.41 bits per heavy atom. The van der Waals surface area contributed by atoms with Gasteiger partial charge in [0.2, 0.25) is 5.78 Å². The highest BCUT2D eigenvalue weighted by atomic mass is 16.3. The van der Waals surface area contributed by atoms with Gasteiger partial charge in [-0.2, -0.15) is 0 Å². The molecule has 2 aromatic carbocycles. The quantitative estimate of drug-likeness (QED) is 0.403. The minimum atomic E-state index is -0.682. The lowest BCUT2D eigenvalue weighted by Crippen LogP contribution is -2.18. The van der Waals surface area contributed by atoms with Gasteiger partial charge >= 0.3 is 0 Å². The normalized spacial score (nSPS) is 12.4. The molecule has 3 heterocycles. The summed E-state index contributed by atoms with van der Waals surface area (Å²) in [5, 5.41) is 17.0. The molecule has 1 atom stereocenters. The highest BCUT2D eigenvalue weighted by Gasteiger charge is 2.25. The van der Waals surface area contributed by atoms with Gasteiger partial charge in [-0.05, 0) is 29.8 Å². The number of carbonyl (C=O) groups is 1. The summed E-state index contributed by atoms with van der Waals surface area (Å²) in [7, 11) is 0. The number of nitrogens with one attached hydrogen (secondary N) is 2. The van der Waals surface area contributed by atoms with E-state index in [0.717, 1.165) is 27.7 Å². The van der Waals surface area contributed by atoms with Gasteiger partial charge in [0.1, 0.15) is 0 Å². The Kier molecular flexibility index (Phi) is 4.14. The van der Waals surface area contributed by atoms with Gasteiger partial charge in [-0.1, -0.05) is 30.3 Å². The lowest BCUT2D eigenvalue weighted by Gasteiger charge is -2.11. The molecule has 0 aliphatic rings. The van der Waals surface area contributed by atoms with E-state index in [1.807, 2.05) is 54.6 Å². The fraction of sp³-hybridized carbons (Fsp3) is 0.0909. The molecule has 7 heteroatoms.